The number of hydrogen-bond donors (Lipinski definition) is 0. The molecule has 0 radical (unpaired) electrons. The molecule has 1 heterocycles. The SMILES string of the molecule is C#CC1CCCN1C. The van der Waals surface area contributed by atoms with E-state index in [1.807, 2.05) is 0 Å². The van der Waals surface area contributed by atoms with E-state index in [0.717, 1.165) is 0 Å². The van der Waals surface area contributed by atoms with Crippen LogP contribution in [0.5, 0.6) is 0 Å². The number of nitrogens with zero attached hydrogens (tertiary/aromatic N) is 1. The van der Waals surface area contributed by atoms with Gasteiger partial charge in [-0.15, -0.1) is 6.42 Å². The predicted octanol–water partition coefficient (Wildman–Crippen LogP) is 0.714. The molecule has 1 rings (SSSR count). The summed E-state index contributed by atoms with van der Waals surface area (Å²) in [5.41, 5.74) is 0. The Morgan fingerprint density at radius 2 is 2.50 bits per heavy atom. The lowest BCUT2D eigenvalue weighted by Crippen LogP contribution is -2.22. The van der Waals surface area contributed by atoms with Gasteiger partial charge in [0.2, 0.25) is 0 Å². The lowest BCUT2D eigenvalue weighted by Gasteiger charge is -2.11. The molecule has 1 heteroatoms. The molecule has 1 saturated heterocycles. The lowest BCUT2D eigenvalue weighted by atomic mass is 10.2. The summed E-state index contributed by atoms with van der Waals surface area (Å²) in [7, 11) is 2.08. The van der Waals surface area contributed by atoms with Crippen molar-refractivity contribution in [2.24, 2.45) is 0 Å². The summed E-state index contributed by atoms with van der Waals surface area (Å²) < 4.78 is 0. The van der Waals surface area contributed by atoms with Gasteiger partial charge in [0.15, 0.2) is 0 Å². The normalized spacial score (nSPS) is 30.2. The van der Waals surface area contributed by atoms with E-state index in [1.54, 1.807) is 0 Å². The molecule has 0 spiro atoms. The third-order valence-corrected chi connectivity index (χ3v) is 1.71. The highest BCUT2D eigenvalue weighted by molar-refractivity contribution is 5.01. The third kappa shape index (κ3) is 0.850. The molecule has 1 unspecified atom stereocenters. The van der Waals surface area contributed by atoms with Crippen LogP contribution in [-0.2, 0) is 0 Å². The summed E-state index contributed by atoms with van der Waals surface area (Å²) in [6.07, 6.45) is 7.69. The van der Waals surface area contributed by atoms with Gasteiger partial charge in [0.1, 0.15) is 0 Å². The molecule has 0 aromatic carbocycles. The Balaban J connectivity index is 2.45. The molecular weight excluding hydrogens is 98.1 g/mol. The van der Waals surface area contributed by atoms with Crippen LogP contribution in [0.15, 0.2) is 0 Å². The van der Waals surface area contributed by atoms with E-state index in [-0.39, 0.29) is 0 Å². The molecule has 0 aliphatic carbocycles. The van der Waals surface area contributed by atoms with Crippen molar-refractivity contribution in [2.45, 2.75) is 18.9 Å². The van der Waals surface area contributed by atoms with Crippen LogP contribution in [0.1, 0.15) is 12.8 Å². The van der Waals surface area contributed by atoms with Gasteiger partial charge in [0.25, 0.3) is 0 Å². The first kappa shape index (κ1) is 5.65. The second-order valence-electron chi connectivity index (χ2n) is 2.31. The first-order chi connectivity index (χ1) is 3.84. The van der Waals surface area contributed by atoms with Crippen LogP contribution in [-0.4, -0.2) is 24.5 Å². The van der Waals surface area contributed by atoms with Crippen molar-refractivity contribution in [1.29, 1.82) is 0 Å². The fraction of sp³-hybridized carbons (Fsp3) is 0.714. The Kier molecular flexibility index (Phi) is 1.55. The lowest BCUT2D eigenvalue weighted by molar-refractivity contribution is 0.366. The summed E-state index contributed by atoms with van der Waals surface area (Å²) in [4.78, 5) is 2.22. The standard InChI is InChI=1S/C7H11N/c1-3-7-5-4-6-8(7)2/h1,7H,4-6H2,2H3. The minimum absolute atomic E-state index is 0.426. The summed E-state index contributed by atoms with van der Waals surface area (Å²) in [5.74, 6) is 2.74. The van der Waals surface area contributed by atoms with Crippen LogP contribution in [0, 0.1) is 12.3 Å². The molecule has 1 aliphatic heterocycles. The van der Waals surface area contributed by atoms with E-state index in [9.17, 15) is 0 Å². The van der Waals surface area contributed by atoms with Crippen molar-refractivity contribution in [1.82, 2.24) is 4.90 Å². The number of terminal acetylenes is 1. The highest BCUT2D eigenvalue weighted by atomic mass is 15.1. The minimum atomic E-state index is 0.426. The average molecular weight is 109 g/mol. The second kappa shape index (κ2) is 2.19. The topological polar surface area (TPSA) is 3.24 Å². The third-order valence-electron chi connectivity index (χ3n) is 1.71. The van der Waals surface area contributed by atoms with E-state index in [4.69, 9.17) is 6.42 Å². The highest BCUT2D eigenvalue weighted by Crippen LogP contribution is 2.12. The first-order valence-electron chi connectivity index (χ1n) is 3.01. The van der Waals surface area contributed by atoms with Crippen molar-refractivity contribution < 1.29 is 0 Å². The van der Waals surface area contributed by atoms with E-state index < -0.39 is 0 Å². The summed E-state index contributed by atoms with van der Waals surface area (Å²) in [5, 5.41) is 0. The average Bonchev–Trinajstić information content (AvgIpc) is 2.14. The van der Waals surface area contributed by atoms with E-state index in [1.165, 1.54) is 19.4 Å². The largest absolute Gasteiger partial charge is 0.293 e. The zero-order chi connectivity index (χ0) is 5.98. The Labute approximate surface area is 50.7 Å². The summed E-state index contributed by atoms with van der Waals surface area (Å²) >= 11 is 0. The monoisotopic (exact) mass is 109 g/mol. The Bertz CT molecular complexity index is 112. The Morgan fingerprint density at radius 3 is 2.75 bits per heavy atom. The maximum atomic E-state index is 5.23. The smallest absolute Gasteiger partial charge is 0.0709 e. The van der Waals surface area contributed by atoms with E-state index in [2.05, 4.69) is 17.9 Å². The van der Waals surface area contributed by atoms with E-state index >= 15 is 0 Å². The van der Waals surface area contributed by atoms with Crippen LogP contribution in [0.25, 0.3) is 0 Å². The fourth-order valence-corrected chi connectivity index (χ4v) is 1.12. The van der Waals surface area contributed by atoms with Gasteiger partial charge < -0.3 is 0 Å². The first-order valence-corrected chi connectivity index (χ1v) is 3.01. The van der Waals surface area contributed by atoms with Gasteiger partial charge in [-0.3, -0.25) is 4.90 Å². The van der Waals surface area contributed by atoms with Gasteiger partial charge in [-0.1, -0.05) is 5.92 Å². The van der Waals surface area contributed by atoms with Crippen molar-refractivity contribution in [3.05, 3.63) is 0 Å². The molecule has 0 bridgehead atoms. The summed E-state index contributed by atoms with van der Waals surface area (Å²) in [6, 6.07) is 0.426. The van der Waals surface area contributed by atoms with Crippen LogP contribution in [0.3, 0.4) is 0 Å². The maximum Gasteiger partial charge on any atom is 0.0709 e. The Hall–Kier alpha value is -0.480. The minimum Gasteiger partial charge on any atom is -0.293 e. The van der Waals surface area contributed by atoms with Gasteiger partial charge in [0, 0.05) is 0 Å². The van der Waals surface area contributed by atoms with Crippen LogP contribution in [0.4, 0.5) is 0 Å². The fourth-order valence-electron chi connectivity index (χ4n) is 1.12. The molecule has 44 valence electrons. The van der Waals surface area contributed by atoms with Gasteiger partial charge >= 0.3 is 0 Å². The number of hydrogen-bond acceptors (Lipinski definition) is 1. The zero-order valence-corrected chi connectivity index (χ0v) is 5.22. The van der Waals surface area contributed by atoms with Crippen molar-refractivity contribution >= 4 is 0 Å². The number of rotatable bonds is 0. The molecule has 0 N–H and O–H groups in total. The van der Waals surface area contributed by atoms with Crippen LogP contribution >= 0.6 is 0 Å². The van der Waals surface area contributed by atoms with Gasteiger partial charge in [-0.05, 0) is 26.4 Å². The van der Waals surface area contributed by atoms with Crippen molar-refractivity contribution in [2.75, 3.05) is 13.6 Å². The molecule has 1 aliphatic rings. The molecule has 1 nitrogen and oxygen atoms in total. The molecule has 0 amide bonds. The Morgan fingerprint density at radius 1 is 1.75 bits per heavy atom. The van der Waals surface area contributed by atoms with Crippen molar-refractivity contribution in [3.63, 3.8) is 0 Å². The number of likely N-dealkylation sites (tertiary alicyclic amines) is 1. The quantitative estimate of drug-likeness (QED) is 0.414. The molecule has 0 aromatic heterocycles. The molecule has 0 saturated carbocycles. The molecule has 1 atom stereocenters. The molecular formula is C7H11N. The molecule has 8 heavy (non-hydrogen) atoms. The van der Waals surface area contributed by atoms with Crippen molar-refractivity contribution in [3.8, 4) is 12.3 Å². The summed E-state index contributed by atoms with van der Waals surface area (Å²) in [6.45, 7) is 1.18. The molecule has 1 fully saturated rings. The zero-order valence-electron chi connectivity index (χ0n) is 5.22. The van der Waals surface area contributed by atoms with Gasteiger partial charge in [-0.2, -0.15) is 0 Å². The second-order valence-corrected chi connectivity index (χ2v) is 2.31. The molecule has 0 aromatic rings. The van der Waals surface area contributed by atoms with E-state index in [0.29, 0.717) is 6.04 Å². The highest BCUT2D eigenvalue weighted by Gasteiger charge is 2.17. The van der Waals surface area contributed by atoms with Gasteiger partial charge in [-0.25, -0.2) is 0 Å². The van der Waals surface area contributed by atoms with Crippen LogP contribution < -0.4 is 0 Å². The predicted molar refractivity (Wildman–Crippen MR) is 34.5 cm³/mol. The van der Waals surface area contributed by atoms with Gasteiger partial charge in [0.05, 0.1) is 6.04 Å². The maximum absolute atomic E-state index is 5.23. The van der Waals surface area contributed by atoms with Crippen LogP contribution in [0.2, 0.25) is 0 Å².